The smallest absolute Gasteiger partial charge is 0.235 e. The molecule has 1 N–H and O–H groups in total. The van der Waals surface area contributed by atoms with E-state index >= 15 is 0 Å². The van der Waals surface area contributed by atoms with Crippen LogP contribution >= 0.6 is 11.8 Å². The molecule has 0 spiro atoms. The summed E-state index contributed by atoms with van der Waals surface area (Å²) in [5.41, 5.74) is 1.17. The van der Waals surface area contributed by atoms with E-state index in [9.17, 15) is 4.79 Å². The minimum atomic E-state index is 0.0821. The van der Waals surface area contributed by atoms with E-state index in [-0.39, 0.29) is 11.2 Å². The molecule has 1 amide bonds. The summed E-state index contributed by atoms with van der Waals surface area (Å²) < 4.78 is 0. The van der Waals surface area contributed by atoms with E-state index < -0.39 is 0 Å². The first-order valence-corrected chi connectivity index (χ1v) is 8.12. The molecule has 0 aromatic heterocycles. The second kappa shape index (κ2) is 6.85. The van der Waals surface area contributed by atoms with Gasteiger partial charge in [-0.1, -0.05) is 18.2 Å². The van der Waals surface area contributed by atoms with Crippen molar-refractivity contribution in [3.63, 3.8) is 0 Å². The van der Waals surface area contributed by atoms with Crippen molar-refractivity contribution in [2.75, 3.05) is 24.7 Å². The largest absolute Gasteiger partial charge is 0.382 e. The molecule has 1 aliphatic rings. The van der Waals surface area contributed by atoms with Gasteiger partial charge in [0.25, 0.3) is 0 Å². The summed E-state index contributed by atoms with van der Waals surface area (Å²) in [6, 6.07) is 10.8. The van der Waals surface area contributed by atoms with Crippen molar-refractivity contribution in [3.8, 4) is 0 Å². The van der Waals surface area contributed by atoms with Crippen molar-refractivity contribution in [3.05, 3.63) is 30.3 Å². The first-order chi connectivity index (χ1) is 9.20. The average molecular weight is 278 g/mol. The highest BCUT2D eigenvalue weighted by Crippen LogP contribution is 2.18. The number of nitrogens with one attached hydrogen (secondary N) is 1. The van der Waals surface area contributed by atoms with Crippen LogP contribution in [0.5, 0.6) is 0 Å². The Balaban J connectivity index is 1.81. The van der Waals surface area contributed by atoms with Gasteiger partial charge in [-0.2, -0.15) is 11.8 Å². The van der Waals surface area contributed by atoms with Crippen LogP contribution in [0.15, 0.2) is 30.3 Å². The summed E-state index contributed by atoms with van der Waals surface area (Å²) in [7, 11) is 0. The molecule has 0 aliphatic carbocycles. The molecule has 19 heavy (non-hydrogen) atoms. The minimum Gasteiger partial charge on any atom is -0.382 e. The molecule has 0 saturated carbocycles. The molecule has 3 nitrogen and oxygen atoms in total. The van der Waals surface area contributed by atoms with Crippen LogP contribution in [0.4, 0.5) is 5.69 Å². The summed E-state index contributed by atoms with van der Waals surface area (Å²) in [5.74, 6) is 0.283. The van der Waals surface area contributed by atoms with Gasteiger partial charge in [0, 0.05) is 24.8 Å². The highest BCUT2D eigenvalue weighted by Gasteiger charge is 2.25. The van der Waals surface area contributed by atoms with Crippen molar-refractivity contribution >= 4 is 23.4 Å². The van der Waals surface area contributed by atoms with Gasteiger partial charge in [0.2, 0.25) is 5.91 Å². The predicted octanol–water partition coefficient (Wildman–Crippen LogP) is 2.84. The first-order valence-electron chi connectivity index (χ1n) is 6.84. The summed E-state index contributed by atoms with van der Waals surface area (Å²) >= 11 is 1.62. The lowest BCUT2D eigenvalue weighted by Gasteiger charge is -2.34. The summed E-state index contributed by atoms with van der Waals surface area (Å²) in [6.07, 6.45) is 4.05. The average Bonchev–Trinajstić information content (AvgIpc) is 2.47. The number of likely N-dealkylation sites (tertiary alicyclic amines) is 1. The molecule has 104 valence electrons. The zero-order valence-corrected chi connectivity index (χ0v) is 12.5. The van der Waals surface area contributed by atoms with Crippen LogP contribution in [-0.2, 0) is 4.79 Å². The zero-order chi connectivity index (χ0) is 13.7. The Hall–Kier alpha value is -1.16. The van der Waals surface area contributed by atoms with Crippen LogP contribution < -0.4 is 5.32 Å². The van der Waals surface area contributed by atoms with E-state index in [2.05, 4.69) is 17.4 Å². The molecular formula is C15H22N2OS. The van der Waals surface area contributed by atoms with E-state index in [1.54, 1.807) is 11.8 Å². The molecule has 1 atom stereocenters. The molecule has 1 aromatic rings. The highest BCUT2D eigenvalue weighted by molar-refractivity contribution is 7.99. The standard InChI is InChI=1S/C15H22N2OS/c1-12(19-2)15(18)17-10-8-14(9-11-17)16-13-6-4-3-5-7-13/h3-7,12,14,16H,8-11H2,1-2H3/t12-/m1/s1. The third-order valence-electron chi connectivity index (χ3n) is 3.65. The molecule has 1 aliphatic heterocycles. The number of hydrogen-bond donors (Lipinski definition) is 1. The van der Waals surface area contributed by atoms with E-state index in [1.165, 1.54) is 5.69 Å². The number of hydrogen-bond acceptors (Lipinski definition) is 3. The maximum Gasteiger partial charge on any atom is 0.235 e. The third-order valence-corrected chi connectivity index (χ3v) is 4.56. The summed E-state index contributed by atoms with van der Waals surface area (Å²) in [5, 5.41) is 3.62. The molecular weight excluding hydrogens is 256 g/mol. The monoisotopic (exact) mass is 278 g/mol. The lowest BCUT2D eigenvalue weighted by Crippen LogP contribution is -2.45. The fourth-order valence-corrected chi connectivity index (χ4v) is 2.72. The van der Waals surface area contributed by atoms with Crippen LogP contribution in [0.3, 0.4) is 0 Å². The van der Waals surface area contributed by atoms with Gasteiger partial charge in [0.1, 0.15) is 0 Å². The van der Waals surface area contributed by atoms with Gasteiger partial charge in [-0.05, 0) is 38.2 Å². The van der Waals surface area contributed by atoms with Gasteiger partial charge in [-0.15, -0.1) is 0 Å². The van der Waals surface area contributed by atoms with E-state index in [1.807, 2.05) is 36.3 Å². The number of nitrogens with zero attached hydrogens (tertiary/aromatic N) is 1. The van der Waals surface area contributed by atoms with Gasteiger partial charge >= 0.3 is 0 Å². The van der Waals surface area contributed by atoms with Crippen molar-refractivity contribution in [2.24, 2.45) is 0 Å². The van der Waals surface area contributed by atoms with Crippen molar-refractivity contribution < 1.29 is 4.79 Å². The third kappa shape index (κ3) is 3.90. The second-order valence-corrected chi connectivity index (χ2v) is 6.17. The van der Waals surface area contributed by atoms with Gasteiger partial charge < -0.3 is 10.2 Å². The Bertz CT molecular complexity index is 402. The zero-order valence-electron chi connectivity index (χ0n) is 11.6. The molecule has 1 aromatic carbocycles. The van der Waals surface area contributed by atoms with Gasteiger partial charge in [-0.25, -0.2) is 0 Å². The molecule has 1 saturated heterocycles. The second-order valence-electron chi connectivity index (χ2n) is 4.99. The van der Waals surface area contributed by atoms with Crippen molar-refractivity contribution in [1.29, 1.82) is 0 Å². The maximum atomic E-state index is 12.1. The molecule has 1 fully saturated rings. The van der Waals surface area contributed by atoms with Crippen LogP contribution in [0.2, 0.25) is 0 Å². The lowest BCUT2D eigenvalue weighted by atomic mass is 10.0. The number of carbonyl (C=O) groups is 1. The Morgan fingerprint density at radius 3 is 2.53 bits per heavy atom. The fraction of sp³-hybridized carbons (Fsp3) is 0.533. The Morgan fingerprint density at radius 1 is 1.32 bits per heavy atom. The van der Waals surface area contributed by atoms with E-state index in [0.717, 1.165) is 25.9 Å². The van der Waals surface area contributed by atoms with E-state index in [4.69, 9.17) is 0 Å². The fourth-order valence-electron chi connectivity index (χ4n) is 2.37. The van der Waals surface area contributed by atoms with Gasteiger partial charge in [0.05, 0.1) is 5.25 Å². The first kappa shape index (κ1) is 14.3. The Morgan fingerprint density at radius 2 is 1.95 bits per heavy atom. The molecule has 0 bridgehead atoms. The molecule has 2 rings (SSSR count). The van der Waals surface area contributed by atoms with Crippen LogP contribution in [0.1, 0.15) is 19.8 Å². The number of amides is 1. The minimum absolute atomic E-state index is 0.0821. The quantitative estimate of drug-likeness (QED) is 0.919. The van der Waals surface area contributed by atoms with Gasteiger partial charge in [0.15, 0.2) is 0 Å². The predicted molar refractivity (Wildman–Crippen MR) is 82.6 cm³/mol. The summed E-state index contributed by atoms with van der Waals surface area (Å²) in [6.45, 7) is 3.73. The van der Waals surface area contributed by atoms with Crippen LogP contribution in [-0.4, -0.2) is 41.4 Å². The Kier molecular flexibility index (Phi) is 5.14. The SMILES string of the molecule is CS[C@H](C)C(=O)N1CCC(Nc2ccccc2)CC1. The van der Waals surface area contributed by atoms with Crippen molar-refractivity contribution in [1.82, 2.24) is 4.90 Å². The number of carbonyl (C=O) groups excluding carboxylic acids is 1. The van der Waals surface area contributed by atoms with Gasteiger partial charge in [-0.3, -0.25) is 4.79 Å². The normalized spacial score (nSPS) is 18.1. The molecule has 0 radical (unpaired) electrons. The number of piperidine rings is 1. The number of anilines is 1. The van der Waals surface area contributed by atoms with Crippen LogP contribution in [0, 0.1) is 0 Å². The molecule has 0 unspecified atom stereocenters. The maximum absolute atomic E-state index is 12.1. The Labute approximate surface area is 119 Å². The number of benzene rings is 1. The van der Waals surface area contributed by atoms with Crippen molar-refractivity contribution in [2.45, 2.75) is 31.1 Å². The van der Waals surface area contributed by atoms with E-state index in [0.29, 0.717) is 6.04 Å². The highest BCUT2D eigenvalue weighted by atomic mass is 32.2. The van der Waals surface area contributed by atoms with Crippen LogP contribution in [0.25, 0.3) is 0 Å². The number of rotatable bonds is 4. The molecule has 4 heteroatoms. The number of para-hydroxylation sites is 1. The topological polar surface area (TPSA) is 32.3 Å². The lowest BCUT2D eigenvalue weighted by molar-refractivity contribution is -0.131. The summed E-state index contributed by atoms with van der Waals surface area (Å²) in [4.78, 5) is 14.1. The molecule has 1 heterocycles. The number of thioether (sulfide) groups is 1.